The molecule has 0 aromatic rings. The van der Waals surface area contributed by atoms with E-state index >= 15 is 0 Å². The van der Waals surface area contributed by atoms with Gasteiger partial charge in [0.05, 0.1) is 6.04 Å². The van der Waals surface area contributed by atoms with Crippen molar-refractivity contribution in [2.24, 2.45) is 5.92 Å². The minimum atomic E-state index is -4.38. The van der Waals surface area contributed by atoms with E-state index in [1.165, 1.54) is 5.57 Å². The highest BCUT2D eigenvalue weighted by Crippen LogP contribution is 2.52. The molecule has 19 heavy (non-hydrogen) atoms. The molecule has 1 amide bonds. The molecule has 4 aliphatic rings. The van der Waals surface area contributed by atoms with Gasteiger partial charge in [0.25, 0.3) is 5.91 Å². The van der Waals surface area contributed by atoms with Gasteiger partial charge in [0.2, 0.25) is 0 Å². The molecule has 0 saturated heterocycles. The van der Waals surface area contributed by atoms with Gasteiger partial charge < -0.3 is 10.7 Å². The van der Waals surface area contributed by atoms with Crippen molar-refractivity contribution in [1.82, 2.24) is 16.2 Å². The molecule has 2 atom stereocenters. The van der Waals surface area contributed by atoms with Crippen LogP contribution in [-0.2, 0) is 4.79 Å². The summed E-state index contributed by atoms with van der Waals surface area (Å²) in [4.78, 5) is 12.0. The van der Waals surface area contributed by atoms with Crippen LogP contribution >= 0.6 is 0 Å². The number of hydrogen-bond acceptors (Lipinski definition) is 3. The van der Waals surface area contributed by atoms with Crippen LogP contribution in [0.15, 0.2) is 22.9 Å². The second-order valence-electron chi connectivity index (χ2n) is 5.64. The Morgan fingerprint density at radius 1 is 1.42 bits per heavy atom. The first-order chi connectivity index (χ1) is 8.91. The Hall–Kier alpha value is -1.50. The van der Waals surface area contributed by atoms with Crippen molar-refractivity contribution in [1.29, 1.82) is 0 Å². The third kappa shape index (κ3) is 1.47. The van der Waals surface area contributed by atoms with Gasteiger partial charge in [-0.3, -0.25) is 4.79 Å². The van der Waals surface area contributed by atoms with E-state index in [9.17, 15) is 18.0 Å². The van der Waals surface area contributed by atoms with E-state index < -0.39 is 17.6 Å². The zero-order valence-electron chi connectivity index (χ0n) is 9.90. The number of carbonyl (C=O) groups excluding carboxylic acids is 1. The zero-order chi connectivity index (χ0) is 13.4. The molecule has 2 saturated carbocycles. The highest BCUT2D eigenvalue weighted by Gasteiger charge is 2.64. The molecule has 2 unspecified atom stereocenters. The van der Waals surface area contributed by atoms with E-state index in [0.29, 0.717) is 5.92 Å². The molecule has 3 N–H and O–H groups in total. The molecule has 3 aliphatic carbocycles. The first-order valence-corrected chi connectivity index (χ1v) is 6.27. The van der Waals surface area contributed by atoms with Gasteiger partial charge in [0.1, 0.15) is 11.2 Å². The summed E-state index contributed by atoms with van der Waals surface area (Å²) in [5, 5.41) is 2.14. The molecule has 0 aromatic carbocycles. The maximum absolute atomic E-state index is 12.8. The highest BCUT2D eigenvalue weighted by atomic mass is 19.4. The average molecular weight is 271 g/mol. The van der Waals surface area contributed by atoms with E-state index in [1.54, 1.807) is 0 Å². The van der Waals surface area contributed by atoms with Crippen molar-refractivity contribution < 1.29 is 18.0 Å². The van der Waals surface area contributed by atoms with Gasteiger partial charge in [0, 0.05) is 11.5 Å². The Bertz CT molecular complexity index is 545. The Labute approximate surface area is 107 Å². The standard InChI is InChI=1S/C12H12F3N3O/c13-12(14,15)11(1-2-11)16-10(19)9-7-4-5-3-6(5)8(7)17-18-9/h4,6,8,17-18H,1-3H2,(H,16,19). The van der Waals surface area contributed by atoms with Crippen LogP contribution in [0.1, 0.15) is 19.3 Å². The van der Waals surface area contributed by atoms with E-state index in [1.807, 2.05) is 6.08 Å². The van der Waals surface area contributed by atoms with Gasteiger partial charge in [-0.15, -0.1) is 0 Å². The Balaban J connectivity index is 1.56. The number of rotatable bonds is 2. The van der Waals surface area contributed by atoms with Crippen molar-refractivity contribution >= 4 is 5.91 Å². The SMILES string of the molecule is O=C(NC1(C(F)(F)F)CC1)C1=C2C=C3CC3C2NN1. The molecule has 2 fully saturated rings. The van der Waals surface area contributed by atoms with Crippen LogP contribution in [0.25, 0.3) is 0 Å². The smallest absolute Gasteiger partial charge is 0.336 e. The van der Waals surface area contributed by atoms with Crippen molar-refractivity contribution in [2.45, 2.75) is 37.0 Å². The topological polar surface area (TPSA) is 53.2 Å². The fourth-order valence-electron chi connectivity index (χ4n) is 2.90. The Morgan fingerprint density at radius 2 is 2.16 bits per heavy atom. The molecule has 0 bridgehead atoms. The van der Waals surface area contributed by atoms with Gasteiger partial charge in [-0.2, -0.15) is 13.2 Å². The molecule has 4 nitrogen and oxygen atoms in total. The van der Waals surface area contributed by atoms with Crippen LogP contribution in [0.3, 0.4) is 0 Å². The van der Waals surface area contributed by atoms with Crippen molar-refractivity contribution in [3.8, 4) is 0 Å². The number of carbonyl (C=O) groups is 1. The fraction of sp³-hybridized carbons (Fsp3) is 0.583. The average Bonchev–Trinajstić information content (AvgIpc) is 3.18. The molecule has 0 spiro atoms. The predicted octanol–water partition coefficient (Wildman–Crippen LogP) is 0.888. The number of hydrazine groups is 1. The van der Waals surface area contributed by atoms with Gasteiger partial charge in [-0.1, -0.05) is 11.6 Å². The zero-order valence-corrected chi connectivity index (χ0v) is 9.90. The number of hydrogen-bond donors (Lipinski definition) is 3. The fourth-order valence-corrected chi connectivity index (χ4v) is 2.90. The summed E-state index contributed by atoms with van der Waals surface area (Å²) in [6.07, 6.45) is -1.51. The van der Waals surface area contributed by atoms with Crippen LogP contribution in [0, 0.1) is 5.92 Å². The maximum Gasteiger partial charge on any atom is 0.411 e. The van der Waals surface area contributed by atoms with Crippen LogP contribution in [0.2, 0.25) is 0 Å². The van der Waals surface area contributed by atoms with Gasteiger partial charge in [0.15, 0.2) is 0 Å². The van der Waals surface area contributed by atoms with Crippen LogP contribution in [0.5, 0.6) is 0 Å². The lowest BCUT2D eigenvalue weighted by Crippen LogP contribution is -2.49. The van der Waals surface area contributed by atoms with E-state index in [0.717, 1.165) is 12.0 Å². The highest BCUT2D eigenvalue weighted by molar-refractivity contribution is 5.96. The summed E-state index contributed by atoms with van der Waals surface area (Å²) in [5.74, 6) is -0.247. The van der Waals surface area contributed by atoms with E-state index in [2.05, 4.69) is 16.2 Å². The number of alkyl halides is 3. The van der Waals surface area contributed by atoms with E-state index in [-0.39, 0.29) is 24.6 Å². The number of halogens is 3. The van der Waals surface area contributed by atoms with Crippen molar-refractivity contribution in [3.05, 3.63) is 22.9 Å². The van der Waals surface area contributed by atoms with Gasteiger partial charge >= 0.3 is 6.18 Å². The number of fused-ring (bicyclic) bond motifs is 3. The first kappa shape index (κ1) is 11.3. The normalized spacial score (nSPS) is 33.3. The molecular weight excluding hydrogens is 259 g/mol. The molecule has 1 heterocycles. The summed E-state index contributed by atoms with van der Waals surface area (Å²) in [6.45, 7) is 0. The lowest BCUT2D eigenvalue weighted by Gasteiger charge is -2.21. The summed E-state index contributed by atoms with van der Waals surface area (Å²) in [7, 11) is 0. The molecule has 102 valence electrons. The molecule has 0 radical (unpaired) electrons. The molecule has 1 aliphatic heterocycles. The van der Waals surface area contributed by atoms with Gasteiger partial charge in [-0.05, 0) is 19.3 Å². The maximum atomic E-state index is 12.8. The molecular formula is C12H12F3N3O. The second kappa shape index (κ2) is 3.15. The molecule has 7 heteroatoms. The Kier molecular flexibility index (Phi) is 1.88. The summed E-state index contributed by atoms with van der Waals surface area (Å²) in [5.41, 5.74) is 5.99. The summed E-state index contributed by atoms with van der Waals surface area (Å²) >= 11 is 0. The number of nitrogens with one attached hydrogen (secondary N) is 3. The number of amides is 1. The van der Waals surface area contributed by atoms with Crippen molar-refractivity contribution in [3.63, 3.8) is 0 Å². The Morgan fingerprint density at radius 3 is 2.79 bits per heavy atom. The first-order valence-electron chi connectivity index (χ1n) is 6.27. The summed E-state index contributed by atoms with van der Waals surface area (Å²) < 4.78 is 38.4. The minimum Gasteiger partial charge on any atom is -0.336 e. The third-order valence-electron chi connectivity index (χ3n) is 4.36. The van der Waals surface area contributed by atoms with Crippen LogP contribution in [-0.4, -0.2) is 23.7 Å². The molecule has 4 rings (SSSR count). The largest absolute Gasteiger partial charge is 0.411 e. The quantitative estimate of drug-likeness (QED) is 0.699. The van der Waals surface area contributed by atoms with Crippen LogP contribution < -0.4 is 16.2 Å². The third-order valence-corrected chi connectivity index (χ3v) is 4.36. The minimum absolute atomic E-state index is 0.0363. The monoisotopic (exact) mass is 271 g/mol. The second-order valence-corrected chi connectivity index (χ2v) is 5.64. The lowest BCUT2D eigenvalue weighted by atomic mass is 10.1. The molecule has 0 aromatic heterocycles. The van der Waals surface area contributed by atoms with Crippen LogP contribution in [0.4, 0.5) is 13.2 Å². The summed E-state index contributed by atoms with van der Waals surface area (Å²) in [6, 6.07) is 0.0526. The van der Waals surface area contributed by atoms with Gasteiger partial charge in [-0.25, -0.2) is 5.43 Å². The van der Waals surface area contributed by atoms with E-state index in [4.69, 9.17) is 0 Å². The predicted molar refractivity (Wildman–Crippen MR) is 59.4 cm³/mol. The van der Waals surface area contributed by atoms with Crippen molar-refractivity contribution in [2.75, 3.05) is 0 Å². The lowest BCUT2D eigenvalue weighted by molar-refractivity contribution is -0.169.